The van der Waals surface area contributed by atoms with Crippen molar-refractivity contribution in [1.82, 2.24) is 8.96 Å². The fourth-order valence-electron chi connectivity index (χ4n) is 4.16. The number of rotatable bonds is 9. The lowest BCUT2D eigenvalue weighted by Crippen LogP contribution is -2.20. The molecule has 0 aliphatic heterocycles. The maximum Gasteiger partial charge on any atom is 0.269 e. The molecule has 1 amide bonds. The predicted octanol–water partition coefficient (Wildman–Crippen LogP) is 4.91. The van der Waals surface area contributed by atoms with E-state index in [1.165, 1.54) is 24.4 Å². The highest BCUT2D eigenvalue weighted by Gasteiger charge is 2.26. The van der Waals surface area contributed by atoms with E-state index in [0.717, 1.165) is 27.9 Å². The summed E-state index contributed by atoms with van der Waals surface area (Å²) < 4.78 is 83.6. The highest BCUT2D eigenvalue weighted by Crippen LogP contribution is 2.34. The minimum absolute atomic E-state index is 0.0354. The third kappa shape index (κ3) is 5.00. The number of halogens is 2. The molecule has 0 saturated carbocycles. The first kappa shape index (κ1) is 27.2. The zero-order chi connectivity index (χ0) is 28.7. The van der Waals surface area contributed by atoms with Crippen LogP contribution in [0.3, 0.4) is 0 Å². The topological polar surface area (TPSA) is 127 Å². The van der Waals surface area contributed by atoms with Gasteiger partial charge in [-0.15, -0.1) is 0 Å². The molecule has 2 heterocycles. The summed E-state index contributed by atoms with van der Waals surface area (Å²) in [4.78, 5) is 17.3. The Hall–Kier alpha value is -4.36. The lowest BCUT2D eigenvalue weighted by Gasteiger charge is -2.12. The van der Waals surface area contributed by atoms with Gasteiger partial charge in [-0.05, 0) is 42.3 Å². The van der Waals surface area contributed by atoms with Gasteiger partial charge in [0.05, 0.1) is 28.2 Å². The van der Waals surface area contributed by atoms with E-state index < -0.39 is 48.8 Å². The fraction of sp³-hybridized carbons (Fsp3) is 0.111. The molecule has 40 heavy (non-hydrogen) atoms. The minimum atomic E-state index is -4.02. The van der Waals surface area contributed by atoms with Gasteiger partial charge in [0.2, 0.25) is 10.0 Å². The number of allylic oxidation sites excluding steroid dienone is 4. The summed E-state index contributed by atoms with van der Waals surface area (Å²) in [6.45, 7) is 1.62. The van der Waals surface area contributed by atoms with E-state index in [9.17, 15) is 26.0 Å². The molecule has 13 heteroatoms. The van der Waals surface area contributed by atoms with Crippen molar-refractivity contribution in [2.45, 2.75) is 18.2 Å². The van der Waals surface area contributed by atoms with Crippen LogP contribution in [-0.4, -0.2) is 37.5 Å². The van der Waals surface area contributed by atoms with Gasteiger partial charge in [0.15, 0.2) is 11.5 Å². The highest BCUT2D eigenvalue weighted by atomic mass is 32.2. The second kappa shape index (κ2) is 10.3. The number of amides is 1. The lowest BCUT2D eigenvalue weighted by molar-refractivity contribution is 0.101. The van der Waals surface area contributed by atoms with Gasteiger partial charge in [-0.1, -0.05) is 43.4 Å². The number of hydrogen-bond donors (Lipinski definition) is 2. The van der Waals surface area contributed by atoms with Crippen molar-refractivity contribution in [2.75, 3.05) is 15.8 Å². The van der Waals surface area contributed by atoms with Gasteiger partial charge >= 0.3 is 0 Å². The summed E-state index contributed by atoms with van der Waals surface area (Å²) in [6.07, 6.45) is 8.17. The zero-order valence-corrected chi connectivity index (χ0v) is 22.6. The number of carbonyl (C=O) groups excluding carboxylic acids is 1. The Labute approximate surface area is 229 Å². The predicted molar refractivity (Wildman–Crippen MR) is 148 cm³/mol. The number of fused-ring (bicyclic) bond motifs is 1. The molecule has 4 aromatic rings. The molecule has 206 valence electrons. The summed E-state index contributed by atoms with van der Waals surface area (Å²) in [5, 5.41) is 2.74. The molecule has 0 radical (unpaired) electrons. The van der Waals surface area contributed by atoms with Crippen molar-refractivity contribution in [2.24, 2.45) is 0 Å². The Balaban J connectivity index is 1.53. The molecule has 2 aromatic carbocycles. The van der Waals surface area contributed by atoms with Crippen LogP contribution in [0, 0.1) is 11.6 Å². The standard InChI is InChI=1S/C27H22F2N4O5S2/c1-2-13-39(35,36)32-23-12-11-22(28)24(25(23)29)27(34)31-18-14-20-21(17-7-6-8-17)16-33(26(20)30-15-18)40(37,38)19-9-4-3-5-10-19/h3-12,14-16,32H,2,13H2,1H3,(H,31,34). The van der Waals surface area contributed by atoms with Crippen LogP contribution in [0.1, 0.15) is 29.3 Å². The van der Waals surface area contributed by atoms with Gasteiger partial charge in [0, 0.05) is 17.1 Å². The molecule has 0 fully saturated rings. The summed E-state index contributed by atoms with van der Waals surface area (Å²) in [6, 6.07) is 10.9. The Kier molecular flexibility index (Phi) is 7.02. The first-order chi connectivity index (χ1) is 19.0. The molecule has 2 N–H and O–H groups in total. The van der Waals surface area contributed by atoms with Crippen LogP contribution in [0.2, 0.25) is 0 Å². The maximum absolute atomic E-state index is 15.1. The van der Waals surface area contributed by atoms with Crippen molar-refractivity contribution in [1.29, 1.82) is 0 Å². The van der Waals surface area contributed by atoms with Gasteiger partial charge in [0.25, 0.3) is 15.9 Å². The maximum atomic E-state index is 15.1. The van der Waals surface area contributed by atoms with E-state index in [1.54, 1.807) is 43.4 Å². The molecule has 1 aliphatic rings. The smallest absolute Gasteiger partial charge is 0.269 e. The zero-order valence-electron chi connectivity index (χ0n) is 20.9. The number of hydrogen-bond acceptors (Lipinski definition) is 6. The Morgan fingerprint density at radius 2 is 1.77 bits per heavy atom. The second-order valence-corrected chi connectivity index (χ2v) is 12.5. The van der Waals surface area contributed by atoms with Crippen LogP contribution in [-0.2, 0) is 20.0 Å². The van der Waals surface area contributed by atoms with E-state index in [2.05, 4.69) is 10.3 Å². The third-order valence-electron chi connectivity index (χ3n) is 6.09. The molecule has 5 rings (SSSR count). The Morgan fingerprint density at radius 3 is 2.42 bits per heavy atom. The quantitative estimate of drug-likeness (QED) is 0.288. The molecule has 0 spiro atoms. The summed E-state index contributed by atoms with van der Waals surface area (Å²) in [7, 11) is -7.92. The average molecular weight is 585 g/mol. The largest absolute Gasteiger partial charge is 0.320 e. The number of sulfonamides is 1. The number of nitrogens with one attached hydrogen (secondary N) is 2. The highest BCUT2D eigenvalue weighted by molar-refractivity contribution is 7.92. The molecule has 2 aromatic heterocycles. The number of pyridine rings is 1. The van der Waals surface area contributed by atoms with Crippen LogP contribution in [0.4, 0.5) is 20.2 Å². The Morgan fingerprint density at radius 1 is 1.05 bits per heavy atom. The van der Waals surface area contributed by atoms with Gasteiger partial charge in [-0.25, -0.2) is 34.6 Å². The molecule has 0 bridgehead atoms. The van der Waals surface area contributed by atoms with Gasteiger partial charge < -0.3 is 5.32 Å². The van der Waals surface area contributed by atoms with Crippen LogP contribution in [0.25, 0.3) is 16.6 Å². The summed E-state index contributed by atoms with van der Waals surface area (Å²) in [5.41, 5.74) is -0.198. The number of nitrogens with zero attached hydrogens (tertiary/aromatic N) is 2. The van der Waals surface area contributed by atoms with Crippen LogP contribution >= 0.6 is 0 Å². The van der Waals surface area contributed by atoms with Crippen LogP contribution < -0.4 is 10.0 Å². The van der Waals surface area contributed by atoms with Crippen LogP contribution in [0.5, 0.6) is 0 Å². The lowest BCUT2D eigenvalue weighted by atomic mass is 9.99. The van der Waals surface area contributed by atoms with Crippen molar-refractivity contribution in [3.05, 3.63) is 102 Å². The van der Waals surface area contributed by atoms with E-state index in [4.69, 9.17) is 0 Å². The van der Waals surface area contributed by atoms with Crippen molar-refractivity contribution >= 4 is 53.9 Å². The molecular weight excluding hydrogens is 562 g/mol. The van der Waals surface area contributed by atoms with Gasteiger partial charge in [0.1, 0.15) is 11.4 Å². The number of anilines is 2. The molecule has 0 atom stereocenters. The monoisotopic (exact) mass is 584 g/mol. The molecule has 1 aliphatic carbocycles. The van der Waals surface area contributed by atoms with Crippen molar-refractivity contribution in [3.8, 4) is 0 Å². The Bertz CT molecular complexity index is 1930. The van der Waals surface area contributed by atoms with Crippen molar-refractivity contribution in [3.63, 3.8) is 0 Å². The van der Waals surface area contributed by atoms with E-state index in [-0.39, 0.29) is 28.4 Å². The first-order valence-electron chi connectivity index (χ1n) is 12.0. The van der Waals surface area contributed by atoms with E-state index >= 15 is 4.39 Å². The fourth-order valence-corrected chi connectivity index (χ4v) is 6.64. The second-order valence-electron chi connectivity index (χ2n) is 8.89. The SMILES string of the molecule is CCCS(=O)(=O)Nc1ccc(F)c(C(=O)Nc2cnc3c(c2)c(C2=CC=C2)cn3S(=O)(=O)c2ccccc2)c1F. The minimum Gasteiger partial charge on any atom is -0.320 e. The molecule has 0 unspecified atom stereocenters. The van der Waals surface area contributed by atoms with E-state index in [0.29, 0.717) is 10.9 Å². The third-order valence-corrected chi connectivity index (χ3v) is 9.23. The molecular formula is C27H22F2N4O5S2. The first-order valence-corrected chi connectivity index (χ1v) is 15.1. The number of carbonyl (C=O) groups is 1. The van der Waals surface area contributed by atoms with Crippen molar-refractivity contribution < 1.29 is 30.4 Å². The average Bonchev–Trinajstić information content (AvgIpc) is 3.24. The summed E-state index contributed by atoms with van der Waals surface area (Å²) in [5.74, 6) is -4.05. The van der Waals surface area contributed by atoms with E-state index in [1.807, 2.05) is 4.72 Å². The number of aromatic nitrogens is 2. The van der Waals surface area contributed by atoms with Crippen LogP contribution in [0.15, 0.2) is 84.0 Å². The molecule has 9 nitrogen and oxygen atoms in total. The van der Waals surface area contributed by atoms with Gasteiger partial charge in [-0.2, -0.15) is 0 Å². The normalized spacial score (nSPS) is 13.1. The summed E-state index contributed by atoms with van der Waals surface area (Å²) >= 11 is 0. The van der Waals surface area contributed by atoms with Gasteiger partial charge in [-0.3, -0.25) is 9.52 Å². The molecule has 0 saturated heterocycles. The number of benzene rings is 2.